The summed E-state index contributed by atoms with van der Waals surface area (Å²) in [6, 6.07) is 12.1. The minimum atomic E-state index is -0.255. The molecule has 0 aliphatic heterocycles. The molecule has 2 aromatic rings. The summed E-state index contributed by atoms with van der Waals surface area (Å²) < 4.78 is 18.3. The lowest BCUT2D eigenvalue weighted by Crippen LogP contribution is -2.30. The van der Waals surface area contributed by atoms with Crippen molar-refractivity contribution in [3.05, 3.63) is 65.0 Å². The van der Waals surface area contributed by atoms with Crippen molar-refractivity contribution in [3.8, 4) is 5.75 Å². The molecule has 0 bridgehead atoms. The summed E-state index contributed by atoms with van der Waals surface area (Å²) in [6.45, 7) is 4.47. The SMILES string of the molecule is Cc1cc(C)cc(OCC(=O)NCCc2ccc(F)cc2)c1. The predicted molar refractivity (Wildman–Crippen MR) is 84.5 cm³/mol. The lowest BCUT2D eigenvalue weighted by molar-refractivity contribution is -0.123. The van der Waals surface area contributed by atoms with Crippen LogP contribution in [0.5, 0.6) is 5.75 Å². The molecule has 0 unspecified atom stereocenters. The second-order valence-corrected chi connectivity index (χ2v) is 5.34. The van der Waals surface area contributed by atoms with Gasteiger partial charge in [-0.3, -0.25) is 4.79 Å². The van der Waals surface area contributed by atoms with Gasteiger partial charge in [-0.25, -0.2) is 4.39 Å². The molecule has 22 heavy (non-hydrogen) atoms. The van der Waals surface area contributed by atoms with Gasteiger partial charge in [-0.2, -0.15) is 0 Å². The zero-order valence-corrected chi connectivity index (χ0v) is 12.9. The maximum atomic E-state index is 12.8. The van der Waals surface area contributed by atoms with Crippen LogP contribution in [0.15, 0.2) is 42.5 Å². The van der Waals surface area contributed by atoms with E-state index in [0.29, 0.717) is 18.7 Å². The number of carbonyl (C=O) groups is 1. The third kappa shape index (κ3) is 5.20. The van der Waals surface area contributed by atoms with Crippen molar-refractivity contribution >= 4 is 5.91 Å². The molecule has 3 nitrogen and oxygen atoms in total. The number of hydrogen-bond acceptors (Lipinski definition) is 2. The Labute approximate surface area is 130 Å². The first-order chi connectivity index (χ1) is 10.5. The number of hydrogen-bond donors (Lipinski definition) is 1. The zero-order chi connectivity index (χ0) is 15.9. The Hall–Kier alpha value is -2.36. The molecule has 0 heterocycles. The first-order valence-corrected chi connectivity index (χ1v) is 7.25. The van der Waals surface area contributed by atoms with Crippen LogP contribution in [0.1, 0.15) is 16.7 Å². The van der Waals surface area contributed by atoms with E-state index in [1.54, 1.807) is 12.1 Å². The third-order valence-electron chi connectivity index (χ3n) is 3.21. The Balaban J connectivity index is 1.72. The molecule has 2 rings (SSSR count). The van der Waals surface area contributed by atoms with Crippen LogP contribution < -0.4 is 10.1 Å². The van der Waals surface area contributed by atoms with Crippen LogP contribution in [0.2, 0.25) is 0 Å². The molecule has 0 radical (unpaired) electrons. The van der Waals surface area contributed by atoms with E-state index in [9.17, 15) is 9.18 Å². The average molecular weight is 301 g/mol. The van der Waals surface area contributed by atoms with Crippen LogP contribution in [0.25, 0.3) is 0 Å². The van der Waals surface area contributed by atoms with Crippen LogP contribution in [0, 0.1) is 19.7 Å². The summed E-state index contributed by atoms with van der Waals surface area (Å²) in [5.74, 6) is 0.280. The van der Waals surface area contributed by atoms with E-state index >= 15 is 0 Å². The van der Waals surface area contributed by atoms with Gasteiger partial charge in [0.2, 0.25) is 0 Å². The van der Waals surface area contributed by atoms with Gasteiger partial charge in [0.15, 0.2) is 6.61 Å². The second kappa shape index (κ2) is 7.59. The molecule has 0 saturated heterocycles. The molecule has 1 N–H and O–H groups in total. The normalized spacial score (nSPS) is 10.3. The lowest BCUT2D eigenvalue weighted by Gasteiger charge is -2.09. The molecule has 0 aromatic heterocycles. The van der Waals surface area contributed by atoms with Crippen molar-refractivity contribution in [3.63, 3.8) is 0 Å². The molecule has 0 fully saturated rings. The number of amides is 1. The van der Waals surface area contributed by atoms with Gasteiger partial charge in [-0.1, -0.05) is 18.2 Å². The fourth-order valence-electron chi connectivity index (χ4n) is 2.21. The first kappa shape index (κ1) is 16.0. The van der Waals surface area contributed by atoms with E-state index in [1.807, 2.05) is 26.0 Å². The maximum Gasteiger partial charge on any atom is 0.257 e. The van der Waals surface area contributed by atoms with Crippen LogP contribution >= 0.6 is 0 Å². The zero-order valence-electron chi connectivity index (χ0n) is 12.9. The van der Waals surface area contributed by atoms with E-state index in [1.165, 1.54) is 12.1 Å². The molecule has 2 aromatic carbocycles. The minimum Gasteiger partial charge on any atom is -0.484 e. The summed E-state index contributed by atoms with van der Waals surface area (Å²) in [6.07, 6.45) is 0.662. The number of rotatable bonds is 6. The molecule has 1 amide bonds. The molecule has 0 aliphatic rings. The summed E-state index contributed by atoms with van der Waals surface area (Å²) in [5.41, 5.74) is 3.19. The number of ether oxygens (including phenoxy) is 1. The Morgan fingerprint density at radius 2 is 1.73 bits per heavy atom. The first-order valence-electron chi connectivity index (χ1n) is 7.25. The highest BCUT2D eigenvalue weighted by Crippen LogP contribution is 2.15. The standard InChI is InChI=1S/C18H20FNO2/c1-13-9-14(2)11-17(10-13)22-12-18(21)20-8-7-15-3-5-16(19)6-4-15/h3-6,9-11H,7-8,12H2,1-2H3,(H,20,21). The largest absolute Gasteiger partial charge is 0.484 e. The Morgan fingerprint density at radius 1 is 1.09 bits per heavy atom. The van der Waals surface area contributed by atoms with Gasteiger partial charge >= 0.3 is 0 Å². The quantitative estimate of drug-likeness (QED) is 0.890. The number of halogens is 1. The summed E-state index contributed by atoms with van der Waals surface area (Å²) >= 11 is 0. The Morgan fingerprint density at radius 3 is 2.36 bits per heavy atom. The van der Waals surface area contributed by atoms with Gasteiger partial charge in [-0.15, -0.1) is 0 Å². The van der Waals surface area contributed by atoms with E-state index in [4.69, 9.17) is 4.74 Å². The second-order valence-electron chi connectivity index (χ2n) is 5.34. The van der Waals surface area contributed by atoms with E-state index < -0.39 is 0 Å². The predicted octanol–water partition coefficient (Wildman–Crippen LogP) is 3.18. The van der Waals surface area contributed by atoms with Gasteiger partial charge < -0.3 is 10.1 Å². The molecule has 0 spiro atoms. The van der Waals surface area contributed by atoms with Crippen molar-refractivity contribution in [1.82, 2.24) is 5.32 Å². The molecule has 0 aliphatic carbocycles. The van der Waals surface area contributed by atoms with E-state index in [-0.39, 0.29) is 18.3 Å². The fourth-order valence-corrected chi connectivity index (χ4v) is 2.21. The molecular weight excluding hydrogens is 281 g/mol. The van der Waals surface area contributed by atoms with Gasteiger partial charge in [0.1, 0.15) is 11.6 Å². The van der Waals surface area contributed by atoms with Crippen LogP contribution in [0.3, 0.4) is 0 Å². The molecule has 0 atom stereocenters. The highest BCUT2D eigenvalue weighted by Gasteiger charge is 2.03. The van der Waals surface area contributed by atoms with Gasteiger partial charge in [0.05, 0.1) is 0 Å². The summed E-state index contributed by atoms with van der Waals surface area (Å²) in [7, 11) is 0. The lowest BCUT2D eigenvalue weighted by atomic mass is 10.1. The Kier molecular flexibility index (Phi) is 5.53. The maximum absolute atomic E-state index is 12.8. The van der Waals surface area contributed by atoms with Crippen LogP contribution in [0.4, 0.5) is 4.39 Å². The van der Waals surface area contributed by atoms with E-state index in [2.05, 4.69) is 11.4 Å². The van der Waals surface area contributed by atoms with Crippen molar-refractivity contribution < 1.29 is 13.9 Å². The van der Waals surface area contributed by atoms with Crippen molar-refractivity contribution in [2.24, 2.45) is 0 Å². The summed E-state index contributed by atoms with van der Waals surface area (Å²) in [5, 5.41) is 2.79. The summed E-state index contributed by atoms with van der Waals surface area (Å²) in [4.78, 5) is 11.7. The number of benzene rings is 2. The van der Waals surface area contributed by atoms with Crippen molar-refractivity contribution in [2.45, 2.75) is 20.3 Å². The highest BCUT2D eigenvalue weighted by atomic mass is 19.1. The van der Waals surface area contributed by atoms with Crippen molar-refractivity contribution in [1.29, 1.82) is 0 Å². The minimum absolute atomic E-state index is 0.00763. The molecule has 0 saturated carbocycles. The topological polar surface area (TPSA) is 38.3 Å². The molecular formula is C18H20FNO2. The molecule has 4 heteroatoms. The van der Waals surface area contributed by atoms with E-state index in [0.717, 1.165) is 16.7 Å². The number of carbonyl (C=O) groups excluding carboxylic acids is 1. The number of nitrogens with one attached hydrogen (secondary N) is 1. The van der Waals surface area contributed by atoms with Gasteiger partial charge in [0, 0.05) is 6.54 Å². The van der Waals surface area contributed by atoms with Crippen LogP contribution in [-0.4, -0.2) is 19.1 Å². The smallest absolute Gasteiger partial charge is 0.257 e. The van der Waals surface area contributed by atoms with Crippen LogP contribution in [-0.2, 0) is 11.2 Å². The molecule has 116 valence electrons. The third-order valence-corrected chi connectivity index (χ3v) is 3.21. The fraction of sp³-hybridized carbons (Fsp3) is 0.278. The number of aryl methyl sites for hydroxylation is 2. The highest BCUT2D eigenvalue weighted by molar-refractivity contribution is 5.77. The van der Waals surface area contributed by atoms with Gasteiger partial charge in [-0.05, 0) is 61.2 Å². The van der Waals surface area contributed by atoms with Crippen molar-refractivity contribution in [2.75, 3.05) is 13.2 Å². The monoisotopic (exact) mass is 301 g/mol. The van der Waals surface area contributed by atoms with Gasteiger partial charge in [0.25, 0.3) is 5.91 Å². The average Bonchev–Trinajstić information content (AvgIpc) is 2.46. The Bertz CT molecular complexity index is 618.